The molecule has 28 heavy (non-hydrogen) atoms. The Bertz CT molecular complexity index is 999. The molecule has 3 rings (SSSR count). The molecule has 0 aliphatic carbocycles. The third-order valence-corrected chi connectivity index (χ3v) is 4.79. The van der Waals surface area contributed by atoms with Gasteiger partial charge in [0.25, 0.3) is 5.91 Å². The van der Waals surface area contributed by atoms with E-state index in [9.17, 15) is 9.59 Å². The minimum absolute atomic E-state index is 0.0528. The zero-order valence-electron chi connectivity index (χ0n) is 16.4. The van der Waals surface area contributed by atoms with Gasteiger partial charge in [-0.05, 0) is 28.7 Å². The minimum atomic E-state index is -0.799. The highest BCUT2D eigenvalue weighted by atomic mass is 16.2. The zero-order valence-corrected chi connectivity index (χ0v) is 16.4. The number of amides is 2. The molecule has 0 radical (unpaired) electrons. The fraction of sp³-hybridized carbons (Fsp3) is 0.261. The predicted molar refractivity (Wildman–Crippen MR) is 111 cm³/mol. The molecule has 3 N–H and O–H groups in total. The molecule has 0 spiro atoms. The highest BCUT2D eigenvalue weighted by molar-refractivity contribution is 6.06. The number of para-hydroxylation sites is 1. The van der Waals surface area contributed by atoms with Gasteiger partial charge < -0.3 is 11.1 Å². The fourth-order valence-corrected chi connectivity index (χ4v) is 3.12. The van der Waals surface area contributed by atoms with Gasteiger partial charge in [0.15, 0.2) is 0 Å². The fourth-order valence-electron chi connectivity index (χ4n) is 3.12. The molecule has 1 aromatic heterocycles. The lowest BCUT2D eigenvalue weighted by molar-refractivity contribution is -0.119. The Morgan fingerprint density at radius 2 is 1.71 bits per heavy atom. The highest BCUT2D eigenvalue weighted by Crippen LogP contribution is 2.22. The van der Waals surface area contributed by atoms with Crippen molar-refractivity contribution in [2.75, 3.05) is 0 Å². The van der Waals surface area contributed by atoms with Crippen molar-refractivity contribution in [2.24, 2.45) is 5.73 Å². The van der Waals surface area contributed by atoms with Gasteiger partial charge in [0.05, 0.1) is 11.1 Å². The average molecular weight is 375 g/mol. The zero-order chi connectivity index (χ0) is 20.3. The van der Waals surface area contributed by atoms with Crippen LogP contribution >= 0.6 is 0 Å². The number of nitrogens with zero attached hydrogens (tertiary/aromatic N) is 1. The maximum absolute atomic E-state index is 12.8. The Kier molecular flexibility index (Phi) is 5.45. The molecular formula is C23H25N3O2. The second-order valence-corrected chi connectivity index (χ2v) is 7.96. The molecule has 0 fully saturated rings. The molecule has 3 aromatic rings. The molecule has 5 heteroatoms. The second-order valence-electron chi connectivity index (χ2n) is 7.96. The summed E-state index contributed by atoms with van der Waals surface area (Å²) < 4.78 is 0. The first-order valence-corrected chi connectivity index (χ1v) is 9.29. The second kappa shape index (κ2) is 7.80. The maximum atomic E-state index is 12.8. The molecule has 0 aliphatic rings. The van der Waals surface area contributed by atoms with Gasteiger partial charge in [0, 0.05) is 18.0 Å². The van der Waals surface area contributed by atoms with Crippen LogP contribution in [0.3, 0.4) is 0 Å². The number of hydrogen-bond donors (Lipinski definition) is 2. The topological polar surface area (TPSA) is 85.1 Å². The summed E-state index contributed by atoms with van der Waals surface area (Å²) in [7, 11) is 0. The van der Waals surface area contributed by atoms with Gasteiger partial charge >= 0.3 is 0 Å². The van der Waals surface area contributed by atoms with Gasteiger partial charge in [-0.15, -0.1) is 0 Å². The Labute approximate surface area is 165 Å². The van der Waals surface area contributed by atoms with E-state index in [0.29, 0.717) is 17.5 Å². The summed E-state index contributed by atoms with van der Waals surface area (Å²) in [5.41, 5.74) is 8.77. The largest absolute Gasteiger partial charge is 0.368 e. The molecule has 1 atom stereocenters. The number of nitrogens with two attached hydrogens (primary N) is 1. The molecule has 0 saturated carbocycles. The first-order valence-electron chi connectivity index (χ1n) is 9.29. The number of carbonyl (C=O) groups excluding carboxylic acids is 2. The van der Waals surface area contributed by atoms with Crippen LogP contribution in [-0.4, -0.2) is 22.8 Å². The Morgan fingerprint density at radius 1 is 1.04 bits per heavy atom. The first kappa shape index (κ1) is 19.5. The summed E-state index contributed by atoms with van der Waals surface area (Å²) in [5.74, 6) is -0.930. The van der Waals surface area contributed by atoms with Gasteiger partial charge in [-0.3, -0.25) is 14.6 Å². The number of rotatable bonds is 5. The number of pyridine rings is 1. The van der Waals surface area contributed by atoms with Gasteiger partial charge in [-0.2, -0.15) is 0 Å². The summed E-state index contributed by atoms with van der Waals surface area (Å²) in [6, 6.07) is 16.3. The molecule has 2 aromatic carbocycles. The van der Waals surface area contributed by atoms with E-state index >= 15 is 0 Å². The summed E-state index contributed by atoms with van der Waals surface area (Å²) in [4.78, 5) is 29.0. The van der Waals surface area contributed by atoms with E-state index in [1.807, 2.05) is 42.5 Å². The number of fused-ring (bicyclic) bond motifs is 1. The Balaban J connectivity index is 1.79. The molecule has 144 valence electrons. The normalized spacial score (nSPS) is 12.5. The maximum Gasteiger partial charge on any atom is 0.254 e. The van der Waals surface area contributed by atoms with Crippen molar-refractivity contribution >= 4 is 22.7 Å². The molecule has 0 saturated heterocycles. The van der Waals surface area contributed by atoms with Crippen LogP contribution in [0.5, 0.6) is 0 Å². The number of aromatic nitrogens is 1. The predicted octanol–water partition coefficient (Wildman–Crippen LogP) is 3.36. The van der Waals surface area contributed by atoms with E-state index in [1.165, 1.54) is 5.56 Å². The monoisotopic (exact) mass is 375 g/mol. The van der Waals surface area contributed by atoms with E-state index in [4.69, 9.17) is 5.73 Å². The van der Waals surface area contributed by atoms with Gasteiger partial charge in [-0.1, -0.05) is 63.2 Å². The van der Waals surface area contributed by atoms with Gasteiger partial charge in [0.1, 0.15) is 6.04 Å². The Morgan fingerprint density at radius 3 is 2.36 bits per heavy atom. The van der Waals surface area contributed by atoms with E-state index in [-0.39, 0.29) is 11.3 Å². The van der Waals surface area contributed by atoms with E-state index in [1.54, 1.807) is 18.3 Å². The molecule has 5 nitrogen and oxygen atoms in total. The summed E-state index contributed by atoms with van der Waals surface area (Å²) in [5, 5.41) is 3.63. The molecule has 0 bridgehead atoms. The summed E-state index contributed by atoms with van der Waals surface area (Å²) in [6.07, 6.45) is 1.98. The van der Waals surface area contributed by atoms with Crippen molar-refractivity contribution in [1.29, 1.82) is 0 Å². The standard InChI is InChI=1S/C23H25N3O2/c1-23(2,3)17-11-9-15(10-12-17)14-19(21(24)27)26-22(28)18-8-4-6-16-7-5-13-25-20(16)18/h4-13,19H,14H2,1-3H3,(H2,24,27)(H,26,28)/t19-/m1/s1. The van der Waals surface area contributed by atoms with Gasteiger partial charge in [-0.25, -0.2) is 0 Å². The van der Waals surface area contributed by atoms with Crippen LogP contribution in [0, 0.1) is 0 Å². The average Bonchev–Trinajstić information content (AvgIpc) is 2.66. The summed E-state index contributed by atoms with van der Waals surface area (Å²) in [6.45, 7) is 6.44. The van der Waals surface area contributed by atoms with Crippen LogP contribution in [0.25, 0.3) is 10.9 Å². The quantitative estimate of drug-likeness (QED) is 0.717. The number of carbonyl (C=O) groups is 2. The van der Waals surface area contributed by atoms with Crippen LogP contribution in [0.1, 0.15) is 42.3 Å². The minimum Gasteiger partial charge on any atom is -0.368 e. The van der Waals surface area contributed by atoms with Crippen molar-refractivity contribution in [2.45, 2.75) is 38.6 Å². The molecule has 2 amide bonds. The van der Waals surface area contributed by atoms with Crippen LogP contribution < -0.4 is 11.1 Å². The van der Waals surface area contributed by atoms with Crippen molar-refractivity contribution in [1.82, 2.24) is 10.3 Å². The SMILES string of the molecule is CC(C)(C)c1ccc(C[C@@H](NC(=O)c2cccc3cccnc23)C(N)=O)cc1. The number of primary amides is 1. The van der Waals surface area contributed by atoms with E-state index in [0.717, 1.165) is 10.9 Å². The summed E-state index contributed by atoms with van der Waals surface area (Å²) >= 11 is 0. The number of benzene rings is 2. The molecule has 0 aliphatic heterocycles. The van der Waals surface area contributed by atoms with Gasteiger partial charge in [0.2, 0.25) is 5.91 Å². The molecule has 1 heterocycles. The van der Waals surface area contributed by atoms with Crippen LogP contribution in [-0.2, 0) is 16.6 Å². The lowest BCUT2D eigenvalue weighted by atomic mass is 9.86. The van der Waals surface area contributed by atoms with Crippen molar-refractivity contribution in [3.8, 4) is 0 Å². The molecular weight excluding hydrogens is 350 g/mol. The Hall–Kier alpha value is -3.21. The lowest BCUT2D eigenvalue weighted by Crippen LogP contribution is -2.45. The van der Waals surface area contributed by atoms with Crippen LogP contribution in [0.4, 0.5) is 0 Å². The third-order valence-electron chi connectivity index (χ3n) is 4.79. The molecule has 0 unspecified atom stereocenters. The van der Waals surface area contributed by atoms with E-state index in [2.05, 4.69) is 31.1 Å². The number of nitrogens with one attached hydrogen (secondary N) is 1. The third kappa shape index (κ3) is 4.36. The number of hydrogen-bond acceptors (Lipinski definition) is 3. The first-order chi connectivity index (χ1) is 13.3. The van der Waals surface area contributed by atoms with Crippen molar-refractivity contribution < 1.29 is 9.59 Å². The van der Waals surface area contributed by atoms with Crippen molar-refractivity contribution in [3.63, 3.8) is 0 Å². The van der Waals surface area contributed by atoms with Crippen LogP contribution in [0.15, 0.2) is 60.8 Å². The lowest BCUT2D eigenvalue weighted by Gasteiger charge is -2.20. The highest BCUT2D eigenvalue weighted by Gasteiger charge is 2.21. The van der Waals surface area contributed by atoms with Crippen molar-refractivity contribution in [3.05, 3.63) is 77.5 Å². The van der Waals surface area contributed by atoms with Crippen LogP contribution in [0.2, 0.25) is 0 Å². The smallest absolute Gasteiger partial charge is 0.254 e. The van der Waals surface area contributed by atoms with E-state index < -0.39 is 11.9 Å².